The Bertz CT molecular complexity index is 358. The molecule has 0 spiro atoms. The normalized spacial score (nSPS) is 21.1. The molecule has 0 bridgehead atoms. The van der Waals surface area contributed by atoms with Crippen molar-refractivity contribution in [1.29, 1.82) is 0 Å². The van der Waals surface area contributed by atoms with E-state index in [4.69, 9.17) is 14.0 Å². The highest BCUT2D eigenvalue weighted by molar-refractivity contribution is 6.55. The van der Waals surface area contributed by atoms with Crippen LogP contribution in [0.5, 0.6) is 0 Å². The summed E-state index contributed by atoms with van der Waals surface area (Å²) in [4.78, 5) is 11.7. The third-order valence-electron chi connectivity index (χ3n) is 3.90. The summed E-state index contributed by atoms with van der Waals surface area (Å²) in [7, 11) is -0.462. The first-order valence-electron chi connectivity index (χ1n) is 7.43. The van der Waals surface area contributed by atoms with Crippen LogP contribution < -0.4 is 0 Å². The SMILES string of the molecule is CCC/C=C(/CC(=O)OCC)B1OC(C)(C)C(C)(C)O1. The topological polar surface area (TPSA) is 44.8 Å². The maximum atomic E-state index is 11.7. The van der Waals surface area contributed by atoms with E-state index in [-0.39, 0.29) is 12.4 Å². The van der Waals surface area contributed by atoms with Gasteiger partial charge in [-0.15, -0.1) is 0 Å². The Kier molecular flexibility index (Phi) is 5.84. The highest BCUT2D eigenvalue weighted by Crippen LogP contribution is 2.39. The second-order valence-electron chi connectivity index (χ2n) is 6.14. The highest BCUT2D eigenvalue weighted by Gasteiger charge is 2.52. The molecule has 1 fully saturated rings. The lowest BCUT2D eigenvalue weighted by Crippen LogP contribution is -2.41. The third-order valence-corrected chi connectivity index (χ3v) is 3.90. The molecule has 5 heteroatoms. The van der Waals surface area contributed by atoms with Crippen LogP contribution in [0.1, 0.15) is 60.8 Å². The average Bonchev–Trinajstić information content (AvgIpc) is 2.54. The Labute approximate surface area is 123 Å². The summed E-state index contributed by atoms with van der Waals surface area (Å²) < 4.78 is 17.0. The van der Waals surface area contributed by atoms with Crippen molar-refractivity contribution in [2.75, 3.05) is 6.61 Å². The molecule has 0 aromatic rings. The van der Waals surface area contributed by atoms with Gasteiger partial charge in [0.05, 0.1) is 24.2 Å². The van der Waals surface area contributed by atoms with Crippen molar-refractivity contribution in [3.63, 3.8) is 0 Å². The molecule has 1 heterocycles. The molecular formula is C15H27BO4. The molecule has 20 heavy (non-hydrogen) atoms. The van der Waals surface area contributed by atoms with Gasteiger partial charge < -0.3 is 14.0 Å². The van der Waals surface area contributed by atoms with E-state index in [0.29, 0.717) is 6.61 Å². The van der Waals surface area contributed by atoms with E-state index in [1.165, 1.54) is 0 Å². The number of carbonyl (C=O) groups excluding carboxylic acids is 1. The zero-order valence-electron chi connectivity index (χ0n) is 13.6. The number of hydrogen-bond donors (Lipinski definition) is 0. The number of unbranched alkanes of at least 4 members (excludes halogenated alkanes) is 1. The van der Waals surface area contributed by atoms with E-state index in [9.17, 15) is 4.79 Å². The van der Waals surface area contributed by atoms with Gasteiger partial charge in [0.25, 0.3) is 0 Å². The zero-order valence-corrected chi connectivity index (χ0v) is 13.6. The van der Waals surface area contributed by atoms with Gasteiger partial charge in [0, 0.05) is 0 Å². The summed E-state index contributed by atoms with van der Waals surface area (Å²) in [5, 5.41) is 0. The van der Waals surface area contributed by atoms with Crippen LogP contribution in [0.2, 0.25) is 0 Å². The van der Waals surface area contributed by atoms with Crippen molar-refractivity contribution in [3.8, 4) is 0 Å². The quantitative estimate of drug-likeness (QED) is 0.554. The molecule has 0 aromatic heterocycles. The summed E-state index contributed by atoms with van der Waals surface area (Å²) >= 11 is 0. The summed E-state index contributed by atoms with van der Waals surface area (Å²) in [5.41, 5.74) is 0.0823. The molecule has 1 aliphatic rings. The van der Waals surface area contributed by atoms with E-state index in [1.54, 1.807) is 0 Å². The van der Waals surface area contributed by atoms with Crippen molar-refractivity contribution >= 4 is 13.1 Å². The third kappa shape index (κ3) is 4.09. The molecule has 0 N–H and O–H groups in total. The molecule has 0 radical (unpaired) electrons. The van der Waals surface area contributed by atoms with Gasteiger partial charge in [-0.05, 0) is 46.5 Å². The Morgan fingerprint density at radius 2 is 1.70 bits per heavy atom. The number of allylic oxidation sites excluding steroid dienone is 1. The number of esters is 1. The average molecular weight is 282 g/mol. The second kappa shape index (κ2) is 6.77. The first-order chi connectivity index (χ1) is 9.23. The van der Waals surface area contributed by atoms with Crippen molar-refractivity contribution < 1.29 is 18.8 Å². The Morgan fingerprint density at radius 1 is 1.15 bits per heavy atom. The van der Waals surface area contributed by atoms with E-state index < -0.39 is 18.3 Å². The van der Waals surface area contributed by atoms with Crippen LogP contribution in [0, 0.1) is 0 Å². The van der Waals surface area contributed by atoms with E-state index in [2.05, 4.69) is 6.92 Å². The van der Waals surface area contributed by atoms with Crippen LogP contribution in [-0.4, -0.2) is 30.9 Å². The second-order valence-corrected chi connectivity index (χ2v) is 6.14. The summed E-state index contributed by atoms with van der Waals surface area (Å²) in [5.74, 6) is -0.232. The lowest BCUT2D eigenvalue weighted by atomic mass is 9.75. The predicted octanol–water partition coefficient (Wildman–Crippen LogP) is 3.30. The molecular weight excluding hydrogens is 255 g/mol. The zero-order chi connectivity index (χ0) is 15.4. The van der Waals surface area contributed by atoms with Gasteiger partial charge in [0.2, 0.25) is 0 Å². The van der Waals surface area contributed by atoms with Crippen LogP contribution in [-0.2, 0) is 18.8 Å². The molecule has 1 saturated heterocycles. The monoisotopic (exact) mass is 282 g/mol. The minimum atomic E-state index is -0.462. The van der Waals surface area contributed by atoms with Crippen LogP contribution in [0.25, 0.3) is 0 Å². The van der Waals surface area contributed by atoms with Gasteiger partial charge in [-0.2, -0.15) is 0 Å². The number of hydrogen-bond acceptors (Lipinski definition) is 4. The summed E-state index contributed by atoms with van der Waals surface area (Å²) in [6, 6.07) is 0. The van der Waals surface area contributed by atoms with Crippen molar-refractivity contribution in [1.82, 2.24) is 0 Å². The van der Waals surface area contributed by atoms with Crippen molar-refractivity contribution in [2.24, 2.45) is 0 Å². The van der Waals surface area contributed by atoms with E-state index in [0.717, 1.165) is 18.3 Å². The van der Waals surface area contributed by atoms with E-state index in [1.807, 2.05) is 40.7 Å². The molecule has 1 rings (SSSR count). The fraction of sp³-hybridized carbons (Fsp3) is 0.800. The molecule has 0 unspecified atom stereocenters. The molecule has 0 aromatic carbocycles. The smallest absolute Gasteiger partial charge is 0.466 e. The maximum Gasteiger partial charge on any atom is 0.490 e. The lowest BCUT2D eigenvalue weighted by molar-refractivity contribution is -0.142. The Morgan fingerprint density at radius 3 is 2.15 bits per heavy atom. The molecule has 114 valence electrons. The van der Waals surface area contributed by atoms with Gasteiger partial charge in [-0.25, -0.2) is 0 Å². The van der Waals surface area contributed by atoms with Gasteiger partial charge in [0.1, 0.15) is 0 Å². The van der Waals surface area contributed by atoms with E-state index >= 15 is 0 Å². The van der Waals surface area contributed by atoms with Gasteiger partial charge >= 0.3 is 13.1 Å². The highest BCUT2D eigenvalue weighted by atomic mass is 16.7. The molecule has 0 atom stereocenters. The number of carbonyl (C=O) groups is 1. The Balaban J connectivity index is 2.83. The molecule has 0 aliphatic carbocycles. The summed E-state index contributed by atoms with van der Waals surface area (Å²) in [6.07, 6.45) is 4.19. The largest absolute Gasteiger partial charge is 0.490 e. The maximum absolute atomic E-state index is 11.7. The standard InChI is InChI=1S/C15H27BO4/c1-7-9-10-12(11-13(17)18-8-2)16-19-14(3,4)15(5,6)20-16/h10H,7-9,11H2,1-6H3/b12-10-. The van der Waals surface area contributed by atoms with Gasteiger partial charge in [-0.1, -0.05) is 19.4 Å². The first-order valence-corrected chi connectivity index (χ1v) is 7.43. The fourth-order valence-corrected chi connectivity index (χ4v) is 1.95. The molecule has 0 amide bonds. The molecule has 4 nitrogen and oxygen atoms in total. The minimum Gasteiger partial charge on any atom is -0.466 e. The molecule has 1 aliphatic heterocycles. The van der Waals surface area contributed by atoms with Crippen LogP contribution in [0.15, 0.2) is 11.5 Å². The number of rotatable bonds is 6. The Hall–Kier alpha value is -0.805. The summed E-state index contributed by atoms with van der Waals surface area (Å²) in [6.45, 7) is 12.3. The van der Waals surface area contributed by atoms with Crippen LogP contribution in [0.3, 0.4) is 0 Å². The number of ether oxygens (including phenoxy) is 1. The van der Waals surface area contributed by atoms with Crippen molar-refractivity contribution in [2.45, 2.75) is 72.0 Å². The predicted molar refractivity (Wildman–Crippen MR) is 80.3 cm³/mol. The van der Waals surface area contributed by atoms with Crippen molar-refractivity contribution in [3.05, 3.63) is 11.5 Å². The van der Waals surface area contributed by atoms with Gasteiger partial charge in [-0.3, -0.25) is 4.79 Å². The first kappa shape index (κ1) is 17.2. The fourth-order valence-electron chi connectivity index (χ4n) is 1.95. The minimum absolute atomic E-state index is 0.227. The van der Waals surface area contributed by atoms with Crippen LogP contribution >= 0.6 is 0 Å². The molecule has 0 saturated carbocycles. The van der Waals surface area contributed by atoms with Gasteiger partial charge in [0.15, 0.2) is 0 Å². The lowest BCUT2D eigenvalue weighted by Gasteiger charge is -2.32. The van der Waals surface area contributed by atoms with Crippen LogP contribution in [0.4, 0.5) is 0 Å².